The number of para-hydroxylation sites is 1. The quantitative estimate of drug-likeness (QED) is 0.404. The molecule has 2 rings (SSSR count). The van der Waals surface area contributed by atoms with Gasteiger partial charge in [0.15, 0.2) is 0 Å². The molecule has 0 unspecified atom stereocenters. The van der Waals surface area contributed by atoms with Gasteiger partial charge in [-0.15, -0.1) is 0 Å². The highest BCUT2D eigenvalue weighted by Gasteiger charge is 2.10. The van der Waals surface area contributed by atoms with E-state index in [2.05, 4.69) is 26.5 Å². The van der Waals surface area contributed by atoms with Gasteiger partial charge in [-0.25, -0.2) is 5.43 Å². The third-order valence-corrected chi connectivity index (χ3v) is 4.06. The number of benzene rings is 2. The number of hydrogen-bond donors (Lipinski definition) is 2. The number of carbonyl (C=O) groups is 1. The zero-order chi connectivity index (χ0) is 16.1. The van der Waals surface area contributed by atoms with Crippen molar-refractivity contribution in [3.8, 4) is 11.5 Å². The number of amides is 1. The summed E-state index contributed by atoms with van der Waals surface area (Å²) < 4.78 is 6.62. The van der Waals surface area contributed by atoms with Crippen molar-refractivity contribution in [2.45, 2.75) is 0 Å². The standard InChI is InChI=1S/C15H12BrIN2O3/c1-22-13-5-3-2-4-11(13)15(21)19-18-8-9-6-10(16)7-12(17)14(9)20/h2-8,20H,1H3,(H,19,21)/b18-8-. The molecule has 0 aromatic heterocycles. The maximum atomic E-state index is 12.1. The first-order valence-corrected chi connectivity index (χ1v) is 8.04. The van der Waals surface area contributed by atoms with Crippen molar-refractivity contribution >= 4 is 50.6 Å². The van der Waals surface area contributed by atoms with Crippen molar-refractivity contribution in [2.24, 2.45) is 5.10 Å². The van der Waals surface area contributed by atoms with Gasteiger partial charge in [-0.2, -0.15) is 5.10 Å². The van der Waals surface area contributed by atoms with Crippen LogP contribution < -0.4 is 10.2 Å². The molecule has 22 heavy (non-hydrogen) atoms. The van der Waals surface area contributed by atoms with Crippen molar-refractivity contribution in [2.75, 3.05) is 7.11 Å². The van der Waals surface area contributed by atoms with Crippen molar-refractivity contribution in [3.63, 3.8) is 0 Å². The van der Waals surface area contributed by atoms with Gasteiger partial charge in [0.1, 0.15) is 11.5 Å². The number of aromatic hydroxyl groups is 1. The lowest BCUT2D eigenvalue weighted by Crippen LogP contribution is -2.18. The maximum absolute atomic E-state index is 12.1. The van der Waals surface area contributed by atoms with E-state index in [0.29, 0.717) is 20.4 Å². The number of nitrogens with zero attached hydrogens (tertiary/aromatic N) is 1. The lowest BCUT2D eigenvalue weighted by atomic mass is 10.2. The summed E-state index contributed by atoms with van der Waals surface area (Å²) in [6, 6.07) is 10.3. The van der Waals surface area contributed by atoms with Crippen LogP contribution in [0.25, 0.3) is 0 Å². The molecule has 0 heterocycles. The zero-order valence-electron chi connectivity index (χ0n) is 11.5. The number of phenols is 1. The summed E-state index contributed by atoms with van der Waals surface area (Å²) >= 11 is 5.36. The minimum Gasteiger partial charge on any atom is -0.506 e. The Morgan fingerprint density at radius 1 is 1.41 bits per heavy atom. The number of rotatable bonds is 4. The Kier molecular flexibility index (Phi) is 5.78. The van der Waals surface area contributed by atoms with Gasteiger partial charge in [-0.05, 0) is 46.9 Å². The first-order valence-electron chi connectivity index (χ1n) is 6.17. The van der Waals surface area contributed by atoms with Crippen LogP contribution in [0.15, 0.2) is 46.0 Å². The third-order valence-electron chi connectivity index (χ3n) is 2.78. The molecule has 0 radical (unpaired) electrons. The van der Waals surface area contributed by atoms with Crippen molar-refractivity contribution in [1.82, 2.24) is 5.43 Å². The molecule has 0 saturated heterocycles. The first kappa shape index (κ1) is 16.8. The van der Waals surface area contributed by atoms with Crippen LogP contribution in [0.4, 0.5) is 0 Å². The third kappa shape index (κ3) is 3.98. The molecule has 0 saturated carbocycles. The monoisotopic (exact) mass is 474 g/mol. The van der Waals surface area contributed by atoms with E-state index in [9.17, 15) is 9.90 Å². The minimum atomic E-state index is -0.391. The first-order chi connectivity index (χ1) is 10.5. The van der Waals surface area contributed by atoms with E-state index in [-0.39, 0.29) is 5.75 Å². The SMILES string of the molecule is COc1ccccc1C(=O)N/N=C\c1cc(Br)cc(I)c1O. The van der Waals surface area contributed by atoms with Gasteiger partial charge in [-0.3, -0.25) is 4.79 Å². The number of methoxy groups -OCH3 is 1. The summed E-state index contributed by atoms with van der Waals surface area (Å²) in [5.74, 6) is 0.187. The Hall–Kier alpha value is -1.61. The highest BCUT2D eigenvalue weighted by Crippen LogP contribution is 2.27. The van der Waals surface area contributed by atoms with E-state index < -0.39 is 5.91 Å². The van der Waals surface area contributed by atoms with Crippen molar-refractivity contribution < 1.29 is 14.6 Å². The Morgan fingerprint density at radius 3 is 2.86 bits per heavy atom. The number of halogens is 2. The topological polar surface area (TPSA) is 70.9 Å². The normalized spacial score (nSPS) is 10.7. The average molecular weight is 475 g/mol. The molecule has 2 aromatic rings. The molecule has 0 fully saturated rings. The number of phenolic OH excluding ortho intramolecular Hbond substituents is 1. The number of hydrogen-bond acceptors (Lipinski definition) is 4. The molecule has 5 nitrogen and oxygen atoms in total. The molecule has 0 aliphatic heterocycles. The van der Waals surface area contributed by atoms with Crippen LogP contribution in [-0.2, 0) is 0 Å². The van der Waals surface area contributed by atoms with Gasteiger partial charge in [0, 0.05) is 10.0 Å². The highest BCUT2D eigenvalue weighted by atomic mass is 127. The summed E-state index contributed by atoms with van der Waals surface area (Å²) in [5.41, 5.74) is 3.29. The van der Waals surface area contributed by atoms with Gasteiger partial charge >= 0.3 is 0 Å². The van der Waals surface area contributed by atoms with E-state index in [1.165, 1.54) is 13.3 Å². The van der Waals surface area contributed by atoms with Crippen molar-refractivity contribution in [1.29, 1.82) is 0 Å². The van der Waals surface area contributed by atoms with Crippen LogP contribution in [0, 0.1) is 3.57 Å². The average Bonchev–Trinajstić information content (AvgIpc) is 2.51. The van der Waals surface area contributed by atoms with Gasteiger partial charge in [0.25, 0.3) is 5.91 Å². The fourth-order valence-electron chi connectivity index (χ4n) is 1.74. The maximum Gasteiger partial charge on any atom is 0.275 e. The molecule has 0 atom stereocenters. The van der Waals surface area contributed by atoms with Crippen LogP contribution in [0.3, 0.4) is 0 Å². The second kappa shape index (κ2) is 7.59. The van der Waals surface area contributed by atoms with Crippen LogP contribution in [0.2, 0.25) is 0 Å². The van der Waals surface area contributed by atoms with Crippen LogP contribution in [-0.4, -0.2) is 24.3 Å². The predicted octanol–water partition coefficient (Wildman–Crippen LogP) is 3.53. The molecular weight excluding hydrogens is 463 g/mol. The van der Waals surface area contributed by atoms with Crippen LogP contribution in [0.5, 0.6) is 11.5 Å². The molecule has 0 aliphatic rings. The second-order valence-corrected chi connectivity index (χ2v) is 6.30. The Labute approximate surface area is 149 Å². The van der Waals surface area contributed by atoms with Gasteiger partial charge in [-0.1, -0.05) is 28.1 Å². The number of carbonyl (C=O) groups excluding carboxylic acids is 1. The largest absolute Gasteiger partial charge is 0.506 e. The highest BCUT2D eigenvalue weighted by molar-refractivity contribution is 14.1. The summed E-state index contributed by atoms with van der Waals surface area (Å²) in [7, 11) is 1.50. The van der Waals surface area contributed by atoms with Crippen LogP contribution in [0.1, 0.15) is 15.9 Å². The van der Waals surface area contributed by atoms with E-state index in [1.807, 2.05) is 22.6 Å². The Morgan fingerprint density at radius 2 is 2.14 bits per heavy atom. The van der Waals surface area contributed by atoms with Gasteiger partial charge in [0.2, 0.25) is 0 Å². The smallest absolute Gasteiger partial charge is 0.275 e. The summed E-state index contributed by atoms with van der Waals surface area (Å²) in [4.78, 5) is 12.1. The van der Waals surface area contributed by atoms with E-state index in [1.54, 1.807) is 36.4 Å². The summed E-state index contributed by atoms with van der Waals surface area (Å²) in [6.45, 7) is 0. The zero-order valence-corrected chi connectivity index (χ0v) is 15.3. The lowest BCUT2D eigenvalue weighted by molar-refractivity contribution is 0.0952. The van der Waals surface area contributed by atoms with Gasteiger partial charge in [0.05, 0.1) is 22.5 Å². The van der Waals surface area contributed by atoms with E-state index >= 15 is 0 Å². The molecular formula is C15H12BrIN2O3. The fraction of sp³-hybridized carbons (Fsp3) is 0.0667. The Bertz CT molecular complexity index is 735. The minimum absolute atomic E-state index is 0.110. The fourth-order valence-corrected chi connectivity index (χ4v) is 3.29. The molecule has 0 spiro atoms. The molecule has 7 heteroatoms. The molecule has 1 amide bonds. The van der Waals surface area contributed by atoms with E-state index in [0.717, 1.165) is 4.47 Å². The molecule has 2 N–H and O–H groups in total. The van der Waals surface area contributed by atoms with Gasteiger partial charge < -0.3 is 9.84 Å². The lowest BCUT2D eigenvalue weighted by Gasteiger charge is -2.06. The predicted molar refractivity (Wildman–Crippen MR) is 96.6 cm³/mol. The van der Waals surface area contributed by atoms with Crippen LogP contribution >= 0.6 is 38.5 Å². The molecule has 2 aromatic carbocycles. The number of nitrogens with one attached hydrogen (secondary N) is 1. The second-order valence-electron chi connectivity index (χ2n) is 4.22. The number of hydrazone groups is 1. The van der Waals surface area contributed by atoms with Crippen molar-refractivity contribution in [3.05, 3.63) is 55.6 Å². The molecule has 0 aliphatic carbocycles. The van der Waals surface area contributed by atoms with E-state index in [4.69, 9.17) is 4.74 Å². The molecule has 0 bridgehead atoms. The number of ether oxygens (including phenoxy) is 1. The summed E-state index contributed by atoms with van der Waals surface area (Å²) in [6.07, 6.45) is 1.38. The Balaban J connectivity index is 2.14. The summed E-state index contributed by atoms with van der Waals surface area (Å²) in [5, 5.41) is 13.8. The molecule has 114 valence electrons.